The van der Waals surface area contributed by atoms with E-state index in [9.17, 15) is 9.59 Å². The molecule has 0 atom stereocenters. The van der Waals surface area contributed by atoms with Crippen molar-refractivity contribution in [3.63, 3.8) is 0 Å². The Kier molecular flexibility index (Phi) is 5.51. The Bertz CT molecular complexity index is 753. The maximum absolute atomic E-state index is 12.6. The summed E-state index contributed by atoms with van der Waals surface area (Å²) in [4.78, 5) is 34.1. The topological polar surface area (TPSA) is 56.8 Å². The first kappa shape index (κ1) is 17.9. The molecule has 0 saturated carbocycles. The molecule has 0 radical (unpaired) electrons. The molecule has 0 aliphatic carbocycles. The van der Waals surface area contributed by atoms with Crippen molar-refractivity contribution in [2.75, 3.05) is 38.1 Å². The van der Waals surface area contributed by atoms with Gasteiger partial charge in [0.2, 0.25) is 5.91 Å². The minimum absolute atomic E-state index is 0.0469. The fraction of sp³-hybridized carbons (Fsp3) is 0.350. The quantitative estimate of drug-likeness (QED) is 0.845. The van der Waals surface area contributed by atoms with Gasteiger partial charge in [0.25, 0.3) is 5.91 Å². The number of carbonyl (C=O) groups is 2. The van der Waals surface area contributed by atoms with Crippen LogP contribution in [-0.2, 0) is 11.3 Å². The van der Waals surface area contributed by atoms with Crippen molar-refractivity contribution in [1.82, 2.24) is 14.8 Å². The van der Waals surface area contributed by atoms with Gasteiger partial charge in [-0.2, -0.15) is 0 Å². The molecule has 0 unspecified atom stereocenters. The van der Waals surface area contributed by atoms with Crippen LogP contribution in [0.4, 0.5) is 5.82 Å². The molecule has 1 aromatic carbocycles. The molecule has 1 saturated heterocycles. The number of anilines is 1. The fourth-order valence-electron chi connectivity index (χ4n) is 3.10. The minimum Gasteiger partial charge on any atom is -0.353 e. The zero-order chi connectivity index (χ0) is 18.5. The summed E-state index contributed by atoms with van der Waals surface area (Å²) < 4.78 is 0. The highest BCUT2D eigenvalue weighted by Crippen LogP contribution is 2.15. The lowest BCUT2D eigenvalue weighted by Gasteiger charge is -2.34. The third-order valence-electron chi connectivity index (χ3n) is 4.65. The number of rotatable bonds is 4. The monoisotopic (exact) mass is 352 g/mol. The Morgan fingerprint density at radius 1 is 1.04 bits per heavy atom. The predicted octanol–water partition coefficient (Wildman–Crippen LogP) is 2.02. The second-order valence-electron chi connectivity index (χ2n) is 6.55. The summed E-state index contributed by atoms with van der Waals surface area (Å²) in [7, 11) is 1.80. The van der Waals surface area contributed by atoms with Gasteiger partial charge in [0.05, 0.1) is 5.56 Å². The second kappa shape index (κ2) is 7.99. The lowest BCUT2D eigenvalue weighted by molar-refractivity contribution is -0.129. The van der Waals surface area contributed by atoms with Gasteiger partial charge >= 0.3 is 0 Å². The van der Waals surface area contributed by atoms with Gasteiger partial charge in [0.1, 0.15) is 5.82 Å². The van der Waals surface area contributed by atoms with E-state index in [1.54, 1.807) is 25.1 Å². The number of benzene rings is 1. The SMILES string of the molecule is CC(=O)N1CCN(c2ccc(C(=O)N(C)Cc3ccccc3)cn2)CC1. The van der Waals surface area contributed by atoms with E-state index in [0.29, 0.717) is 25.2 Å². The van der Waals surface area contributed by atoms with E-state index in [1.165, 1.54) is 0 Å². The molecule has 1 aliphatic heterocycles. The van der Waals surface area contributed by atoms with E-state index in [2.05, 4.69) is 9.88 Å². The largest absolute Gasteiger partial charge is 0.353 e. The number of nitrogens with zero attached hydrogens (tertiary/aromatic N) is 4. The molecule has 3 rings (SSSR count). The van der Waals surface area contributed by atoms with Crippen LogP contribution < -0.4 is 4.90 Å². The van der Waals surface area contributed by atoms with Crippen LogP contribution in [0.3, 0.4) is 0 Å². The molecule has 6 heteroatoms. The van der Waals surface area contributed by atoms with Crippen LogP contribution in [0.1, 0.15) is 22.8 Å². The first-order valence-electron chi connectivity index (χ1n) is 8.80. The second-order valence-corrected chi connectivity index (χ2v) is 6.55. The number of hydrogen-bond acceptors (Lipinski definition) is 4. The smallest absolute Gasteiger partial charge is 0.255 e. The number of hydrogen-bond donors (Lipinski definition) is 0. The van der Waals surface area contributed by atoms with Crippen LogP contribution in [0.2, 0.25) is 0 Å². The highest BCUT2D eigenvalue weighted by Gasteiger charge is 2.20. The average Bonchev–Trinajstić information content (AvgIpc) is 2.68. The first-order chi connectivity index (χ1) is 12.5. The minimum atomic E-state index is -0.0469. The van der Waals surface area contributed by atoms with Crippen molar-refractivity contribution < 1.29 is 9.59 Å². The zero-order valence-corrected chi connectivity index (χ0v) is 15.3. The molecule has 26 heavy (non-hydrogen) atoms. The van der Waals surface area contributed by atoms with Crippen molar-refractivity contribution in [1.29, 1.82) is 0 Å². The molecular formula is C20H24N4O2. The van der Waals surface area contributed by atoms with E-state index in [-0.39, 0.29) is 11.8 Å². The van der Waals surface area contributed by atoms with Gasteiger partial charge in [-0.05, 0) is 17.7 Å². The zero-order valence-electron chi connectivity index (χ0n) is 15.3. The van der Waals surface area contributed by atoms with Gasteiger partial charge in [-0.15, -0.1) is 0 Å². The Labute approximate surface area is 154 Å². The Balaban J connectivity index is 1.60. The van der Waals surface area contributed by atoms with Gasteiger partial charge in [-0.25, -0.2) is 4.98 Å². The van der Waals surface area contributed by atoms with Crippen LogP contribution in [-0.4, -0.2) is 59.8 Å². The molecule has 2 aromatic rings. The summed E-state index contributed by atoms with van der Waals surface area (Å²) in [5, 5.41) is 0. The molecule has 2 heterocycles. The molecule has 0 N–H and O–H groups in total. The molecule has 2 amide bonds. The maximum Gasteiger partial charge on any atom is 0.255 e. The van der Waals surface area contributed by atoms with E-state index in [4.69, 9.17) is 0 Å². The molecule has 1 aromatic heterocycles. The third kappa shape index (κ3) is 4.20. The lowest BCUT2D eigenvalue weighted by atomic mass is 10.2. The van der Waals surface area contributed by atoms with Gasteiger partial charge in [0.15, 0.2) is 0 Å². The summed E-state index contributed by atoms with van der Waals surface area (Å²) in [5.41, 5.74) is 1.67. The van der Waals surface area contributed by atoms with Crippen LogP contribution in [0.15, 0.2) is 48.7 Å². The summed E-state index contributed by atoms with van der Waals surface area (Å²) in [5.74, 6) is 0.907. The summed E-state index contributed by atoms with van der Waals surface area (Å²) in [6.45, 7) is 5.09. The fourth-order valence-corrected chi connectivity index (χ4v) is 3.10. The molecular weight excluding hydrogens is 328 g/mol. The van der Waals surface area contributed by atoms with Crippen LogP contribution in [0, 0.1) is 0 Å². The molecule has 1 fully saturated rings. The molecule has 6 nitrogen and oxygen atoms in total. The summed E-state index contributed by atoms with van der Waals surface area (Å²) in [6, 6.07) is 13.6. The van der Waals surface area contributed by atoms with Crippen molar-refractivity contribution in [3.05, 3.63) is 59.8 Å². The predicted molar refractivity (Wildman–Crippen MR) is 101 cm³/mol. The van der Waals surface area contributed by atoms with Crippen molar-refractivity contribution in [2.45, 2.75) is 13.5 Å². The normalized spacial score (nSPS) is 14.2. The maximum atomic E-state index is 12.6. The van der Waals surface area contributed by atoms with E-state index >= 15 is 0 Å². The van der Waals surface area contributed by atoms with E-state index in [0.717, 1.165) is 24.5 Å². The highest BCUT2D eigenvalue weighted by atomic mass is 16.2. The molecule has 136 valence electrons. The van der Waals surface area contributed by atoms with Gasteiger partial charge < -0.3 is 14.7 Å². The lowest BCUT2D eigenvalue weighted by Crippen LogP contribution is -2.48. The summed E-state index contributed by atoms with van der Waals surface area (Å²) in [6.07, 6.45) is 1.64. The van der Waals surface area contributed by atoms with Crippen molar-refractivity contribution >= 4 is 17.6 Å². The number of carbonyl (C=O) groups excluding carboxylic acids is 2. The average molecular weight is 352 g/mol. The third-order valence-corrected chi connectivity index (χ3v) is 4.65. The van der Waals surface area contributed by atoms with Gasteiger partial charge in [-0.3, -0.25) is 9.59 Å². The van der Waals surface area contributed by atoms with Crippen LogP contribution >= 0.6 is 0 Å². The van der Waals surface area contributed by atoms with Crippen molar-refractivity contribution in [2.24, 2.45) is 0 Å². The Morgan fingerprint density at radius 3 is 2.31 bits per heavy atom. The first-order valence-corrected chi connectivity index (χ1v) is 8.80. The number of piperazine rings is 1. The van der Waals surface area contributed by atoms with Crippen LogP contribution in [0.5, 0.6) is 0 Å². The molecule has 0 spiro atoms. The standard InChI is InChI=1S/C20H24N4O2/c1-16(25)23-10-12-24(13-11-23)19-9-8-18(14-21-19)20(26)22(2)15-17-6-4-3-5-7-17/h3-9,14H,10-13,15H2,1-2H3. The summed E-state index contributed by atoms with van der Waals surface area (Å²) >= 11 is 0. The van der Waals surface area contributed by atoms with E-state index < -0.39 is 0 Å². The van der Waals surface area contributed by atoms with Crippen LogP contribution in [0.25, 0.3) is 0 Å². The molecule has 0 bridgehead atoms. The Hall–Kier alpha value is -2.89. The number of pyridine rings is 1. The van der Waals surface area contributed by atoms with Crippen molar-refractivity contribution in [3.8, 4) is 0 Å². The van der Waals surface area contributed by atoms with E-state index in [1.807, 2.05) is 47.4 Å². The highest BCUT2D eigenvalue weighted by molar-refractivity contribution is 5.93. The number of aromatic nitrogens is 1. The number of amides is 2. The molecule has 1 aliphatic rings. The van der Waals surface area contributed by atoms with Gasteiger partial charge in [-0.1, -0.05) is 30.3 Å². The van der Waals surface area contributed by atoms with Gasteiger partial charge in [0, 0.05) is 52.9 Å². The Morgan fingerprint density at radius 2 is 1.73 bits per heavy atom.